The zero-order valence-electron chi connectivity index (χ0n) is 11.5. The Labute approximate surface area is 137 Å². The first-order valence-electron chi connectivity index (χ1n) is 6.97. The van der Waals surface area contributed by atoms with Crippen LogP contribution in [0.4, 0.5) is 5.69 Å². The van der Waals surface area contributed by atoms with E-state index >= 15 is 0 Å². The number of ether oxygens (including phenoxy) is 1. The largest absolute Gasteiger partial charge is 0.491 e. The van der Waals surface area contributed by atoms with Gasteiger partial charge in [-0.1, -0.05) is 33.6 Å². The molecule has 0 spiro atoms. The highest BCUT2D eigenvalue weighted by atomic mass is 79.9. The van der Waals surface area contributed by atoms with Gasteiger partial charge in [0, 0.05) is 15.7 Å². The van der Waals surface area contributed by atoms with Crippen molar-refractivity contribution >= 4 is 39.4 Å². The molecule has 2 aromatic rings. The van der Waals surface area contributed by atoms with Gasteiger partial charge >= 0.3 is 0 Å². The molecule has 4 heteroatoms. The Kier molecular flexibility index (Phi) is 4.61. The molecule has 0 N–H and O–H groups in total. The minimum absolute atomic E-state index is 0.708. The summed E-state index contributed by atoms with van der Waals surface area (Å²) in [6.45, 7) is 0.708. The van der Waals surface area contributed by atoms with Crippen LogP contribution in [0.15, 0.2) is 45.9 Å². The van der Waals surface area contributed by atoms with Crippen LogP contribution in [0.25, 0.3) is 0 Å². The van der Waals surface area contributed by atoms with Gasteiger partial charge in [-0.15, -0.1) is 0 Å². The lowest BCUT2D eigenvalue weighted by atomic mass is 10.0. The Morgan fingerprint density at radius 1 is 1.10 bits per heavy atom. The van der Waals surface area contributed by atoms with E-state index in [1.807, 2.05) is 42.6 Å². The molecule has 2 nitrogen and oxygen atoms in total. The second-order valence-corrected chi connectivity index (χ2v) is 6.37. The monoisotopic (exact) mass is 363 g/mol. The Morgan fingerprint density at radius 3 is 2.90 bits per heavy atom. The number of aryl methyl sites for hydroxylation is 1. The normalized spacial score (nSPS) is 14.6. The quantitative estimate of drug-likeness (QED) is 0.599. The maximum Gasteiger partial charge on any atom is 0.144 e. The summed E-state index contributed by atoms with van der Waals surface area (Å²) in [4.78, 5) is 4.60. The van der Waals surface area contributed by atoms with E-state index < -0.39 is 0 Å². The SMILES string of the molecule is Clc1ccc2c(c1)CCCCOc1ccc(Br)cc1N=C2. The summed E-state index contributed by atoms with van der Waals surface area (Å²) < 4.78 is 6.83. The molecule has 0 radical (unpaired) electrons. The van der Waals surface area contributed by atoms with Gasteiger partial charge in [-0.2, -0.15) is 0 Å². The third-order valence-corrected chi connectivity index (χ3v) is 4.20. The lowest BCUT2D eigenvalue weighted by Gasteiger charge is -2.08. The molecule has 3 rings (SSSR count). The minimum atomic E-state index is 0.708. The molecule has 1 aliphatic rings. The Bertz CT molecular complexity index is 684. The number of nitrogens with zero attached hydrogens (tertiary/aromatic N) is 1. The van der Waals surface area contributed by atoms with Crippen LogP contribution in [0.3, 0.4) is 0 Å². The maximum atomic E-state index is 6.10. The second kappa shape index (κ2) is 6.63. The van der Waals surface area contributed by atoms with Crippen LogP contribution in [-0.2, 0) is 6.42 Å². The summed E-state index contributed by atoms with van der Waals surface area (Å²) in [6, 6.07) is 11.9. The molecule has 0 amide bonds. The van der Waals surface area contributed by atoms with E-state index in [1.165, 1.54) is 5.56 Å². The fourth-order valence-corrected chi connectivity index (χ4v) is 2.91. The van der Waals surface area contributed by atoms with E-state index in [0.29, 0.717) is 6.61 Å². The second-order valence-electron chi connectivity index (χ2n) is 5.02. The van der Waals surface area contributed by atoms with Crippen molar-refractivity contribution in [2.75, 3.05) is 6.61 Å². The first-order valence-corrected chi connectivity index (χ1v) is 8.14. The summed E-state index contributed by atoms with van der Waals surface area (Å²) in [7, 11) is 0. The van der Waals surface area contributed by atoms with Crippen molar-refractivity contribution in [3.05, 3.63) is 57.0 Å². The van der Waals surface area contributed by atoms with E-state index in [0.717, 1.165) is 45.8 Å². The Morgan fingerprint density at radius 2 is 2.00 bits per heavy atom. The fraction of sp³-hybridized carbons (Fsp3) is 0.235. The molecule has 2 aromatic carbocycles. The number of fused-ring (bicyclic) bond motifs is 2. The van der Waals surface area contributed by atoms with E-state index in [4.69, 9.17) is 16.3 Å². The molecule has 21 heavy (non-hydrogen) atoms. The predicted molar refractivity (Wildman–Crippen MR) is 91.3 cm³/mol. The van der Waals surface area contributed by atoms with Crippen LogP contribution < -0.4 is 4.74 Å². The van der Waals surface area contributed by atoms with E-state index in [9.17, 15) is 0 Å². The van der Waals surface area contributed by atoms with Crippen molar-refractivity contribution in [3.8, 4) is 5.75 Å². The highest BCUT2D eigenvalue weighted by Gasteiger charge is 2.07. The average Bonchev–Trinajstić information content (AvgIpc) is 2.50. The van der Waals surface area contributed by atoms with Gasteiger partial charge in [0.1, 0.15) is 11.4 Å². The van der Waals surface area contributed by atoms with Crippen molar-refractivity contribution < 1.29 is 4.74 Å². The van der Waals surface area contributed by atoms with Gasteiger partial charge in [-0.05, 0) is 60.7 Å². The van der Waals surface area contributed by atoms with Crippen LogP contribution in [0.5, 0.6) is 5.75 Å². The number of rotatable bonds is 0. The van der Waals surface area contributed by atoms with Crippen molar-refractivity contribution in [3.63, 3.8) is 0 Å². The van der Waals surface area contributed by atoms with Crippen LogP contribution >= 0.6 is 27.5 Å². The zero-order chi connectivity index (χ0) is 14.7. The highest BCUT2D eigenvalue weighted by molar-refractivity contribution is 9.10. The molecule has 1 heterocycles. The minimum Gasteiger partial charge on any atom is -0.491 e. The van der Waals surface area contributed by atoms with Gasteiger partial charge in [0.05, 0.1) is 6.61 Å². The van der Waals surface area contributed by atoms with Gasteiger partial charge in [-0.25, -0.2) is 0 Å². The van der Waals surface area contributed by atoms with E-state index in [1.54, 1.807) is 0 Å². The number of benzene rings is 2. The molecule has 108 valence electrons. The molecule has 0 fully saturated rings. The molecule has 0 unspecified atom stereocenters. The van der Waals surface area contributed by atoms with Gasteiger partial charge < -0.3 is 4.74 Å². The summed E-state index contributed by atoms with van der Waals surface area (Å²) in [5, 5.41) is 0.774. The number of halogens is 2. The number of hydrogen-bond acceptors (Lipinski definition) is 2. The Balaban J connectivity index is 2.03. The van der Waals surface area contributed by atoms with Crippen molar-refractivity contribution in [1.82, 2.24) is 0 Å². The number of hydrogen-bond donors (Lipinski definition) is 0. The van der Waals surface area contributed by atoms with E-state index in [-0.39, 0.29) is 0 Å². The molecule has 0 saturated carbocycles. The van der Waals surface area contributed by atoms with Crippen molar-refractivity contribution in [1.29, 1.82) is 0 Å². The molecule has 0 aromatic heterocycles. The van der Waals surface area contributed by atoms with Gasteiger partial charge in [0.25, 0.3) is 0 Å². The zero-order valence-corrected chi connectivity index (χ0v) is 13.8. The smallest absolute Gasteiger partial charge is 0.144 e. The molecule has 0 saturated heterocycles. The predicted octanol–water partition coefficient (Wildman–Crippen LogP) is 5.57. The molecular weight excluding hydrogens is 350 g/mol. The lowest BCUT2D eigenvalue weighted by Crippen LogP contribution is -1.99. The fourth-order valence-electron chi connectivity index (χ4n) is 2.37. The standard InChI is InChI=1S/C17H15BrClNO/c18-14-5-7-17-16(10-14)20-11-13-4-6-15(19)9-12(13)3-1-2-8-21-17/h4-7,9-11H,1-3,8H2. The molecule has 0 bridgehead atoms. The topological polar surface area (TPSA) is 21.6 Å². The molecular formula is C17H15BrClNO. The number of aliphatic imine (C=N–C) groups is 1. The Hall–Kier alpha value is -1.32. The summed E-state index contributed by atoms with van der Waals surface area (Å²) in [6.07, 6.45) is 4.98. The average molecular weight is 365 g/mol. The third-order valence-electron chi connectivity index (χ3n) is 3.47. The highest BCUT2D eigenvalue weighted by Crippen LogP contribution is 2.31. The molecule has 1 aliphatic heterocycles. The first-order chi connectivity index (χ1) is 10.2. The van der Waals surface area contributed by atoms with Crippen molar-refractivity contribution in [2.45, 2.75) is 19.3 Å². The first kappa shape index (κ1) is 14.6. The van der Waals surface area contributed by atoms with E-state index in [2.05, 4.69) is 20.9 Å². The molecule has 0 atom stereocenters. The third kappa shape index (κ3) is 3.66. The van der Waals surface area contributed by atoms with Gasteiger partial charge in [-0.3, -0.25) is 4.99 Å². The summed E-state index contributed by atoms with van der Waals surface area (Å²) in [5.74, 6) is 0.826. The van der Waals surface area contributed by atoms with Crippen LogP contribution in [-0.4, -0.2) is 12.8 Å². The summed E-state index contributed by atoms with van der Waals surface area (Å²) in [5.41, 5.74) is 3.20. The van der Waals surface area contributed by atoms with Crippen LogP contribution in [0.1, 0.15) is 24.0 Å². The van der Waals surface area contributed by atoms with Crippen LogP contribution in [0, 0.1) is 0 Å². The summed E-state index contributed by atoms with van der Waals surface area (Å²) >= 11 is 9.58. The maximum absolute atomic E-state index is 6.10. The van der Waals surface area contributed by atoms with Crippen molar-refractivity contribution in [2.24, 2.45) is 4.99 Å². The molecule has 0 aliphatic carbocycles. The lowest BCUT2D eigenvalue weighted by molar-refractivity contribution is 0.308. The van der Waals surface area contributed by atoms with Gasteiger partial charge in [0.15, 0.2) is 0 Å². The van der Waals surface area contributed by atoms with Gasteiger partial charge in [0.2, 0.25) is 0 Å². The van der Waals surface area contributed by atoms with Crippen LogP contribution in [0.2, 0.25) is 5.02 Å².